The van der Waals surface area contributed by atoms with Crippen molar-refractivity contribution in [3.63, 3.8) is 0 Å². The Labute approximate surface area is 147 Å². The van der Waals surface area contributed by atoms with Crippen LogP contribution < -0.4 is 5.32 Å². The molecule has 7 heteroatoms. The van der Waals surface area contributed by atoms with Crippen LogP contribution in [-0.2, 0) is 30.4 Å². The number of nitrogens with one attached hydrogen (secondary N) is 1. The quantitative estimate of drug-likeness (QED) is 0.743. The van der Waals surface area contributed by atoms with Crippen LogP contribution in [0.5, 0.6) is 0 Å². The van der Waals surface area contributed by atoms with Crippen LogP contribution in [0, 0.1) is 5.92 Å². The van der Waals surface area contributed by atoms with Crippen molar-refractivity contribution in [2.24, 2.45) is 5.92 Å². The van der Waals surface area contributed by atoms with Gasteiger partial charge in [0.1, 0.15) is 6.10 Å². The number of esters is 1. The van der Waals surface area contributed by atoms with Crippen molar-refractivity contribution in [2.45, 2.75) is 51.9 Å². The first-order valence-corrected chi connectivity index (χ1v) is 8.28. The van der Waals surface area contributed by atoms with Gasteiger partial charge in [-0.05, 0) is 5.56 Å². The number of rotatable bonds is 6. The number of carbonyl (C=O) groups is 2. The van der Waals surface area contributed by atoms with Gasteiger partial charge in [-0.15, -0.1) is 0 Å². The first-order valence-electron chi connectivity index (χ1n) is 8.28. The van der Waals surface area contributed by atoms with Crippen LogP contribution in [0.15, 0.2) is 30.3 Å². The molecule has 2 N–H and O–H groups in total. The Morgan fingerprint density at radius 2 is 1.92 bits per heavy atom. The maximum Gasteiger partial charge on any atom is 0.305 e. The van der Waals surface area contributed by atoms with E-state index in [4.69, 9.17) is 14.2 Å². The molecule has 5 atom stereocenters. The van der Waals surface area contributed by atoms with Gasteiger partial charge in [-0.25, -0.2) is 0 Å². The van der Waals surface area contributed by atoms with Gasteiger partial charge in [0.15, 0.2) is 0 Å². The van der Waals surface area contributed by atoms with E-state index in [1.165, 1.54) is 13.8 Å². The summed E-state index contributed by atoms with van der Waals surface area (Å²) in [5.74, 6) is -1.18. The molecule has 1 fully saturated rings. The van der Waals surface area contributed by atoms with Gasteiger partial charge in [0.25, 0.3) is 0 Å². The molecular weight excluding hydrogens is 326 g/mol. The Morgan fingerprint density at radius 1 is 1.24 bits per heavy atom. The summed E-state index contributed by atoms with van der Waals surface area (Å²) in [6.07, 6.45) is -2.49. The van der Waals surface area contributed by atoms with E-state index in [9.17, 15) is 14.7 Å². The fourth-order valence-electron chi connectivity index (χ4n) is 2.84. The summed E-state index contributed by atoms with van der Waals surface area (Å²) in [5.41, 5.74) is 1.01. The molecule has 1 amide bonds. The summed E-state index contributed by atoms with van der Waals surface area (Å²) in [6.45, 7) is 4.93. The molecule has 0 aromatic heterocycles. The molecule has 1 heterocycles. The molecule has 1 aliphatic heterocycles. The Balaban J connectivity index is 1.98. The number of ether oxygens (including phenoxy) is 3. The van der Waals surface area contributed by atoms with E-state index in [0.717, 1.165) is 5.56 Å². The lowest BCUT2D eigenvalue weighted by Crippen LogP contribution is -2.61. The lowest BCUT2D eigenvalue weighted by molar-refractivity contribution is -0.253. The first-order chi connectivity index (χ1) is 11.9. The van der Waals surface area contributed by atoms with Crippen LogP contribution >= 0.6 is 0 Å². The van der Waals surface area contributed by atoms with E-state index in [2.05, 4.69) is 5.32 Å². The van der Waals surface area contributed by atoms with Gasteiger partial charge in [-0.3, -0.25) is 9.59 Å². The van der Waals surface area contributed by atoms with Crippen LogP contribution in [0.1, 0.15) is 26.3 Å². The lowest BCUT2D eigenvalue weighted by Gasteiger charge is -2.43. The summed E-state index contributed by atoms with van der Waals surface area (Å²) < 4.78 is 16.5. The molecule has 5 unspecified atom stereocenters. The minimum Gasteiger partial charge on any atom is -0.434 e. The van der Waals surface area contributed by atoms with Crippen molar-refractivity contribution in [1.82, 2.24) is 5.32 Å². The predicted octanol–water partition coefficient (Wildman–Crippen LogP) is 0.993. The van der Waals surface area contributed by atoms with Gasteiger partial charge in [0, 0.05) is 19.8 Å². The molecule has 0 radical (unpaired) electrons. The van der Waals surface area contributed by atoms with Crippen molar-refractivity contribution in [3.8, 4) is 0 Å². The number of amides is 1. The highest BCUT2D eigenvalue weighted by atomic mass is 16.7. The number of benzene rings is 1. The van der Waals surface area contributed by atoms with Gasteiger partial charge < -0.3 is 24.6 Å². The van der Waals surface area contributed by atoms with Crippen LogP contribution in [0.2, 0.25) is 0 Å². The van der Waals surface area contributed by atoms with Crippen molar-refractivity contribution in [3.05, 3.63) is 35.9 Å². The maximum absolute atomic E-state index is 11.4. The number of aliphatic hydroxyl groups excluding tert-OH is 1. The predicted molar refractivity (Wildman–Crippen MR) is 89.3 cm³/mol. The summed E-state index contributed by atoms with van der Waals surface area (Å²) in [6, 6.07) is 9.01. The molecule has 2 rings (SSSR count). The van der Waals surface area contributed by atoms with E-state index < -0.39 is 30.5 Å². The highest BCUT2D eigenvalue weighted by molar-refractivity contribution is 5.73. The average Bonchev–Trinajstić information content (AvgIpc) is 2.56. The van der Waals surface area contributed by atoms with Crippen molar-refractivity contribution in [1.29, 1.82) is 0 Å². The lowest BCUT2D eigenvalue weighted by atomic mass is 9.88. The van der Waals surface area contributed by atoms with E-state index >= 15 is 0 Å². The zero-order valence-electron chi connectivity index (χ0n) is 14.7. The second-order valence-corrected chi connectivity index (χ2v) is 6.23. The van der Waals surface area contributed by atoms with Crippen LogP contribution in [-0.4, -0.2) is 48.1 Å². The van der Waals surface area contributed by atoms with Crippen LogP contribution in [0.3, 0.4) is 0 Å². The standard InChI is InChI=1S/C18H25NO6/c1-11-16(19-12(2)20)18(24-13(3)21)25-15(17(11)22)10-23-9-14-7-5-4-6-8-14/h4-8,11,15-18,22H,9-10H2,1-3H3,(H,19,20). The summed E-state index contributed by atoms with van der Waals surface area (Å²) in [7, 11) is 0. The molecule has 0 saturated carbocycles. The third-order valence-electron chi connectivity index (χ3n) is 4.13. The molecule has 25 heavy (non-hydrogen) atoms. The molecular formula is C18H25NO6. The van der Waals surface area contributed by atoms with E-state index in [-0.39, 0.29) is 18.4 Å². The Hall–Kier alpha value is -1.96. The number of carbonyl (C=O) groups excluding carboxylic acids is 2. The van der Waals surface area contributed by atoms with Crippen molar-refractivity contribution in [2.75, 3.05) is 6.61 Å². The smallest absolute Gasteiger partial charge is 0.305 e. The monoisotopic (exact) mass is 351 g/mol. The minimum absolute atomic E-state index is 0.144. The molecule has 7 nitrogen and oxygen atoms in total. The molecule has 1 aromatic carbocycles. The molecule has 0 spiro atoms. The fraction of sp³-hybridized carbons (Fsp3) is 0.556. The second kappa shape index (κ2) is 8.94. The van der Waals surface area contributed by atoms with Crippen molar-refractivity contribution >= 4 is 11.9 Å². The van der Waals surface area contributed by atoms with E-state index in [0.29, 0.717) is 6.61 Å². The normalized spacial score (nSPS) is 29.0. The third kappa shape index (κ3) is 5.52. The molecule has 0 bridgehead atoms. The van der Waals surface area contributed by atoms with Crippen molar-refractivity contribution < 1.29 is 28.9 Å². The molecule has 138 valence electrons. The number of hydrogen-bond acceptors (Lipinski definition) is 6. The average molecular weight is 351 g/mol. The summed E-state index contributed by atoms with van der Waals surface area (Å²) >= 11 is 0. The second-order valence-electron chi connectivity index (χ2n) is 6.23. The Bertz CT molecular complexity index is 578. The maximum atomic E-state index is 11.4. The Morgan fingerprint density at radius 3 is 2.52 bits per heavy atom. The van der Waals surface area contributed by atoms with E-state index in [1.807, 2.05) is 30.3 Å². The van der Waals surface area contributed by atoms with Crippen LogP contribution in [0.25, 0.3) is 0 Å². The molecule has 1 saturated heterocycles. The SMILES string of the molecule is CC(=O)NC1C(OC(C)=O)OC(COCc2ccccc2)C(O)C1C. The zero-order valence-corrected chi connectivity index (χ0v) is 14.7. The third-order valence-corrected chi connectivity index (χ3v) is 4.13. The number of aliphatic hydroxyl groups is 1. The molecule has 1 aliphatic rings. The largest absolute Gasteiger partial charge is 0.434 e. The molecule has 1 aromatic rings. The minimum atomic E-state index is -0.967. The van der Waals surface area contributed by atoms with Gasteiger partial charge in [0.05, 0.1) is 25.4 Å². The van der Waals surface area contributed by atoms with Gasteiger partial charge in [-0.2, -0.15) is 0 Å². The summed E-state index contributed by atoms with van der Waals surface area (Å²) in [4.78, 5) is 22.7. The topological polar surface area (TPSA) is 94.1 Å². The highest BCUT2D eigenvalue weighted by Crippen LogP contribution is 2.27. The zero-order chi connectivity index (χ0) is 18.4. The first kappa shape index (κ1) is 19.4. The van der Waals surface area contributed by atoms with Gasteiger partial charge in [0.2, 0.25) is 12.2 Å². The summed E-state index contributed by atoms with van der Waals surface area (Å²) in [5, 5.41) is 13.2. The highest BCUT2D eigenvalue weighted by Gasteiger charge is 2.45. The van der Waals surface area contributed by atoms with E-state index in [1.54, 1.807) is 6.92 Å². The Kier molecular flexibility index (Phi) is 6.92. The fourth-order valence-corrected chi connectivity index (χ4v) is 2.84. The van der Waals surface area contributed by atoms with Gasteiger partial charge >= 0.3 is 5.97 Å². The number of hydrogen-bond donors (Lipinski definition) is 2. The van der Waals surface area contributed by atoms with Crippen LogP contribution in [0.4, 0.5) is 0 Å². The van der Waals surface area contributed by atoms with Gasteiger partial charge in [-0.1, -0.05) is 37.3 Å². The molecule has 0 aliphatic carbocycles.